The third-order valence-corrected chi connectivity index (χ3v) is 3.84. The van der Waals surface area contributed by atoms with Gasteiger partial charge in [-0.2, -0.15) is 0 Å². The minimum Gasteiger partial charge on any atom is -0.347 e. The van der Waals surface area contributed by atoms with E-state index in [4.69, 9.17) is 0 Å². The number of nitrogens with one attached hydrogen (secondary N) is 1. The molecule has 2 aromatic rings. The fourth-order valence-corrected chi connectivity index (χ4v) is 2.64. The first-order chi connectivity index (χ1) is 10.6. The Morgan fingerprint density at radius 3 is 2.45 bits per heavy atom. The molecule has 1 N–H and O–H groups in total. The van der Waals surface area contributed by atoms with Crippen LogP contribution in [0.25, 0.3) is 0 Å². The minimum atomic E-state index is -0.151. The van der Waals surface area contributed by atoms with Crippen molar-refractivity contribution in [2.24, 2.45) is 0 Å². The highest BCUT2D eigenvalue weighted by molar-refractivity contribution is 5.98. The molecule has 1 aliphatic rings. The maximum absolute atomic E-state index is 12.2. The predicted molar refractivity (Wildman–Crippen MR) is 85.8 cm³/mol. The average Bonchev–Trinajstić information content (AvgIpc) is 2.89. The smallest absolute Gasteiger partial charge is 0.251 e. The van der Waals surface area contributed by atoms with Crippen LogP contribution in [-0.2, 0) is 4.79 Å². The number of rotatable bonds is 3. The van der Waals surface area contributed by atoms with Crippen LogP contribution in [0.15, 0.2) is 54.6 Å². The predicted octanol–water partition coefficient (Wildman–Crippen LogP) is 2.53. The van der Waals surface area contributed by atoms with Crippen molar-refractivity contribution < 1.29 is 9.59 Å². The van der Waals surface area contributed by atoms with Gasteiger partial charge < -0.3 is 10.2 Å². The number of nitrogens with zero attached hydrogens (tertiary/aromatic N) is 1. The van der Waals surface area contributed by atoms with Gasteiger partial charge >= 0.3 is 0 Å². The van der Waals surface area contributed by atoms with Crippen LogP contribution in [0.4, 0.5) is 5.69 Å². The standard InChI is InChI=1S/C18H18N2O2/c1-13-7-9-14(10-8-13)18(22)19-15-11-17(21)20(12-15)16-5-3-2-4-6-16/h2-10,15H,11-12H2,1H3,(H,19,22). The van der Waals surface area contributed by atoms with Gasteiger partial charge in [-0.25, -0.2) is 0 Å². The molecule has 1 saturated heterocycles. The van der Waals surface area contributed by atoms with Crippen LogP contribution in [0.2, 0.25) is 0 Å². The van der Waals surface area contributed by atoms with Crippen molar-refractivity contribution in [3.05, 3.63) is 65.7 Å². The lowest BCUT2D eigenvalue weighted by Crippen LogP contribution is -2.37. The second-order valence-electron chi connectivity index (χ2n) is 5.58. The molecule has 1 unspecified atom stereocenters. The zero-order valence-corrected chi connectivity index (χ0v) is 12.5. The number of para-hydroxylation sites is 1. The number of anilines is 1. The van der Waals surface area contributed by atoms with E-state index in [2.05, 4.69) is 5.32 Å². The number of carbonyl (C=O) groups is 2. The van der Waals surface area contributed by atoms with E-state index in [-0.39, 0.29) is 17.9 Å². The molecule has 3 rings (SSSR count). The Balaban J connectivity index is 1.66. The molecule has 2 amide bonds. The summed E-state index contributed by atoms with van der Waals surface area (Å²) in [6.45, 7) is 2.50. The second kappa shape index (κ2) is 6.02. The lowest BCUT2D eigenvalue weighted by Gasteiger charge is -2.17. The average molecular weight is 294 g/mol. The van der Waals surface area contributed by atoms with Crippen molar-refractivity contribution in [3.63, 3.8) is 0 Å². The molecular weight excluding hydrogens is 276 g/mol. The number of carbonyl (C=O) groups excluding carboxylic acids is 2. The molecule has 4 heteroatoms. The van der Waals surface area contributed by atoms with Gasteiger partial charge in [0.05, 0.1) is 6.04 Å². The summed E-state index contributed by atoms with van der Waals surface area (Å²) < 4.78 is 0. The summed E-state index contributed by atoms with van der Waals surface area (Å²) in [5.41, 5.74) is 2.61. The van der Waals surface area contributed by atoms with E-state index >= 15 is 0 Å². The quantitative estimate of drug-likeness (QED) is 0.945. The van der Waals surface area contributed by atoms with Crippen molar-refractivity contribution in [1.29, 1.82) is 0 Å². The van der Waals surface area contributed by atoms with Gasteiger partial charge in [-0.1, -0.05) is 35.9 Å². The summed E-state index contributed by atoms with van der Waals surface area (Å²) in [6, 6.07) is 16.8. The van der Waals surface area contributed by atoms with Crippen LogP contribution in [0, 0.1) is 6.92 Å². The van der Waals surface area contributed by atoms with Crippen molar-refractivity contribution in [2.45, 2.75) is 19.4 Å². The Kier molecular flexibility index (Phi) is 3.92. The fourth-order valence-electron chi connectivity index (χ4n) is 2.64. The van der Waals surface area contributed by atoms with Crippen LogP contribution in [0.5, 0.6) is 0 Å². The molecule has 1 heterocycles. The summed E-state index contributed by atoms with van der Waals surface area (Å²) in [5.74, 6) is -0.0897. The molecule has 112 valence electrons. The Morgan fingerprint density at radius 2 is 1.77 bits per heavy atom. The van der Waals surface area contributed by atoms with E-state index in [0.29, 0.717) is 18.5 Å². The van der Waals surface area contributed by atoms with Crippen LogP contribution >= 0.6 is 0 Å². The first-order valence-electron chi connectivity index (χ1n) is 7.36. The van der Waals surface area contributed by atoms with E-state index in [1.54, 1.807) is 17.0 Å². The maximum atomic E-state index is 12.2. The van der Waals surface area contributed by atoms with Gasteiger partial charge in [-0.3, -0.25) is 9.59 Å². The summed E-state index contributed by atoms with van der Waals surface area (Å²) in [5, 5.41) is 2.94. The molecule has 1 aliphatic heterocycles. The van der Waals surface area contributed by atoms with E-state index in [1.807, 2.05) is 49.4 Å². The number of hydrogen-bond donors (Lipinski definition) is 1. The van der Waals surface area contributed by atoms with E-state index in [1.165, 1.54) is 0 Å². The third kappa shape index (κ3) is 3.01. The van der Waals surface area contributed by atoms with Gasteiger partial charge in [0.15, 0.2) is 0 Å². The van der Waals surface area contributed by atoms with Gasteiger partial charge in [-0.15, -0.1) is 0 Å². The highest BCUT2D eigenvalue weighted by atomic mass is 16.2. The molecule has 1 atom stereocenters. The van der Waals surface area contributed by atoms with Gasteiger partial charge in [-0.05, 0) is 31.2 Å². The van der Waals surface area contributed by atoms with E-state index < -0.39 is 0 Å². The summed E-state index contributed by atoms with van der Waals surface area (Å²) in [6.07, 6.45) is 0.340. The van der Waals surface area contributed by atoms with Crippen molar-refractivity contribution in [1.82, 2.24) is 5.32 Å². The Labute approximate surface area is 129 Å². The molecule has 0 radical (unpaired) electrons. The van der Waals surface area contributed by atoms with Crippen LogP contribution in [-0.4, -0.2) is 24.4 Å². The molecule has 0 aromatic heterocycles. The highest BCUT2D eigenvalue weighted by Gasteiger charge is 2.31. The molecular formula is C18H18N2O2. The Morgan fingerprint density at radius 1 is 1.09 bits per heavy atom. The van der Waals surface area contributed by atoms with E-state index in [9.17, 15) is 9.59 Å². The Hall–Kier alpha value is -2.62. The topological polar surface area (TPSA) is 49.4 Å². The number of amides is 2. The van der Waals surface area contributed by atoms with Gasteiger partial charge in [0.1, 0.15) is 0 Å². The van der Waals surface area contributed by atoms with Crippen molar-refractivity contribution in [2.75, 3.05) is 11.4 Å². The fraction of sp³-hybridized carbons (Fsp3) is 0.222. The first-order valence-corrected chi connectivity index (χ1v) is 7.36. The molecule has 1 fully saturated rings. The minimum absolute atomic E-state index is 0.0420. The molecule has 0 aliphatic carbocycles. The molecule has 0 bridgehead atoms. The molecule has 0 spiro atoms. The second-order valence-corrected chi connectivity index (χ2v) is 5.58. The van der Waals surface area contributed by atoms with Crippen molar-refractivity contribution >= 4 is 17.5 Å². The molecule has 4 nitrogen and oxygen atoms in total. The lowest BCUT2D eigenvalue weighted by atomic mass is 10.1. The number of hydrogen-bond acceptors (Lipinski definition) is 2. The van der Waals surface area contributed by atoms with Gasteiger partial charge in [0.25, 0.3) is 5.91 Å². The Bertz CT molecular complexity index is 680. The van der Waals surface area contributed by atoms with Gasteiger partial charge in [0, 0.05) is 24.2 Å². The summed E-state index contributed by atoms with van der Waals surface area (Å²) in [7, 11) is 0. The molecule has 22 heavy (non-hydrogen) atoms. The summed E-state index contributed by atoms with van der Waals surface area (Å²) in [4.78, 5) is 26.1. The monoisotopic (exact) mass is 294 g/mol. The zero-order chi connectivity index (χ0) is 15.5. The zero-order valence-electron chi connectivity index (χ0n) is 12.5. The van der Waals surface area contributed by atoms with Crippen LogP contribution in [0.1, 0.15) is 22.3 Å². The number of benzene rings is 2. The molecule has 0 saturated carbocycles. The third-order valence-electron chi connectivity index (χ3n) is 3.84. The normalized spacial score (nSPS) is 17.6. The largest absolute Gasteiger partial charge is 0.347 e. The lowest BCUT2D eigenvalue weighted by molar-refractivity contribution is -0.117. The first kappa shape index (κ1) is 14.3. The van der Waals surface area contributed by atoms with Crippen LogP contribution in [0.3, 0.4) is 0 Å². The van der Waals surface area contributed by atoms with Crippen LogP contribution < -0.4 is 10.2 Å². The van der Waals surface area contributed by atoms with Crippen molar-refractivity contribution in [3.8, 4) is 0 Å². The van der Waals surface area contributed by atoms with Gasteiger partial charge in [0.2, 0.25) is 5.91 Å². The maximum Gasteiger partial charge on any atom is 0.251 e. The van der Waals surface area contributed by atoms with E-state index in [0.717, 1.165) is 11.3 Å². The summed E-state index contributed by atoms with van der Waals surface area (Å²) >= 11 is 0. The molecule has 2 aromatic carbocycles. The SMILES string of the molecule is Cc1ccc(C(=O)NC2CC(=O)N(c3ccccc3)C2)cc1. The highest BCUT2D eigenvalue weighted by Crippen LogP contribution is 2.21. The number of aryl methyl sites for hydroxylation is 1.